The molecule has 11 nitrogen and oxygen atoms in total. The van der Waals surface area contributed by atoms with Crippen LogP contribution < -0.4 is 21.9 Å². The maximum atomic E-state index is 12.7. The lowest BCUT2D eigenvalue weighted by atomic mass is 10.1. The zero-order chi connectivity index (χ0) is 21.4. The normalized spacial score (nSPS) is 15.9. The Kier molecular flexibility index (Phi) is 7.93. The number of hydrazine groups is 1. The number of nitrogens with one attached hydrogen (secondary N) is 3. The summed E-state index contributed by atoms with van der Waals surface area (Å²) in [5.74, 6) is -1.34. The third kappa shape index (κ3) is 6.14. The molecule has 12 heteroatoms. The number of carbonyl (C=O) groups is 3. The molecule has 0 aliphatic carbocycles. The van der Waals surface area contributed by atoms with E-state index in [2.05, 4.69) is 16.2 Å². The summed E-state index contributed by atoms with van der Waals surface area (Å²) in [6.07, 6.45) is 0.936. The number of morpholine rings is 1. The van der Waals surface area contributed by atoms with Gasteiger partial charge in [-0.15, -0.1) is 0 Å². The van der Waals surface area contributed by atoms with Crippen molar-refractivity contribution in [1.29, 1.82) is 0 Å². The molecule has 1 saturated heterocycles. The van der Waals surface area contributed by atoms with Crippen molar-refractivity contribution in [3.05, 3.63) is 29.8 Å². The van der Waals surface area contributed by atoms with E-state index in [0.717, 1.165) is 0 Å². The molecule has 0 saturated carbocycles. The first-order valence-corrected chi connectivity index (χ1v) is 10.5. The molecule has 1 unspecified atom stereocenters. The quantitative estimate of drug-likeness (QED) is 0.421. The second-order valence-electron chi connectivity index (χ2n) is 6.34. The summed E-state index contributed by atoms with van der Waals surface area (Å²) in [5, 5.41) is 2.29. The minimum Gasteiger partial charge on any atom is -0.379 e. The van der Waals surface area contributed by atoms with Crippen LogP contribution in [0.2, 0.25) is 0 Å². The first-order valence-electron chi connectivity index (χ1n) is 9.09. The summed E-state index contributed by atoms with van der Waals surface area (Å²) in [6, 6.07) is 3.74. The molecule has 5 N–H and O–H groups in total. The lowest BCUT2D eigenvalue weighted by molar-refractivity contribution is -0.123. The lowest BCUT2D eigenvalue weighted by Gasteiger charge is -2.26. The zero-order valence-corrected chi connectivity index (χ0v) is 16.8. The predicted molar refractivity (Wildman–Crippen MR) is 103 cm³/mol. The highest BCUT2D eigenvalue weighted by atomic mass is 32.2. The Morgan fingerprint density at radius 2 is 1.90 bits per heavy atom. The Morgan fingerprint density at radius 3 is 2.52 bits per heavy atom. The van der Waals surface area contributed by atoms with Crippen molar-refractivity contribution in [2.75, 3.05) is 26.3 Å². The monoisotopic (exact) mass is 427 g/mol. The number of sulfonamides is 1. The average molecular weight is 427 g/mol. The van der Waals surface area contributed by atoms with Gasteiger partial charge in [0.15, 0.2) is 0 Å². The van der Waals surface area contributed by atoms with E-state index in [4.69, 9.17) is 10.5 Å². The Hall–Kier alpha value is -2.70. The molecule has 4 amide bonds. The number of amides is 4. The van der Waals surface area contributed by atoms with Crippen LogP contribution in [0.5, 0.6) is 0 Å². The fourth-order valence-corrected chi connectivity index (χ4v) is 4.20. The van der Waals surface area contributed by atoms with Gasteiger partial charge in [0.2, 0.25) is 10.0 Å². The van der Waals surface area contributed by atoms with Crippen LogP contribution in [-0.4, -0.2) is 62.9 Å². The third-order valence-corrected chi connectivity index (χ3v) is 6.11. The molecule has 0 aromatic heterocycles. The number of nitrogens with zero attached hydrogens (tertiary/aromatic N) is 1. The van der Waals surface area contributed by atoms with Gasteiger partial charge in [-0.1, -0.05) is 19.4 Å². The van der Waals surface area contributed by atoms with Gasteiger partial charge in [-0.05, 0) is 24.6 Å². The van der Waals surface area contributed by atoms with E-state index in [0.29, 0.717) is 26.1 Å². The van der Waals surface area contributed by atoms with Gasteiger partial charge in [0, 0.05) is 18.7 Å². The molecular weight excluding hydrogens is 402 g/mol. The van der Waals surface area contributed by atoms with Gasteiger partial charge in [-0.25, -0.2) is 13.2 Å². The number of urea groups is 1. The summed E-state index contributed by atoms with van der Waals surface area (Å²) in [4.78, 5) is 35.4. The van der Waals surface area contributed by atoms with E-state index < -0.39 is 33.9 Å². The summed E-state index contributed by atoms with van der Waals surface area (Å²) < 4.78 is 31.9. The molecule has 160 valence electrons. The van der Waals surface area contributed by atoms with E-state index in [-0.39, 0.29) is 23.5 Å². The maximum absolute atomic E-state index is 12.7. The van der Waals surface area contributed by atoms with Crippen LogP contribution >= 0.6 is 0 Å². The van der Waals surface area contributed by atoms with E-state index >= 15 is 0 Å². The first-order chi connectivity index (χ1) is 13.8. The smallest absolute Gasteiger partial charge is 0.312 e. The van der Waals surface area contributed by atoms with Crippen LogP contribution in [0.3, 0.4) is 0 Å². The summed E-state index contributed by atoms with van der Waals surface area (Å²) in [6.45, 7) is 2.91. The minimum absolute atomic E-state index is 0.0300. The predicted octanol–water partition coefficient (Wildman–Crippen LogP) is -0.694. The molecule has 0 radical (unpaired) electrons. The lowest BCUT2D eigenvalue weighted by Crippen LogP contribution is -2.53. The number of benzene rings is 1. The van der Waals surface area contributed by atoms with Crippen molar-refractivity contribution < 1.29 is 27.5 Å². The number of carbonyl (C=O) groups excluding carboxylic acids is 3. The minimum atomic E-state index is -3.76. The SMILES string of the molecule is CCCC(NC(N)=O)C(=O)NNC(=O)c1cccc(S(=O)(=O)N2CCOCC2)c1. The Balaban J connectivity index is 2.05. The number of hydrogen-bond donors (Lipinski definition) is 4. The van der Waals surface area contributed by atoms with Crippen LogP contribution in [-0.2, 0) is 19.6 Å². The largest absolute Gasteiger partial charge is 0.379 e. The van der Waals surface area contributed by atoms with Crippen molar-refractivity contribution >= 4 is 27.9 Å². The van der Waals surface area contributed by atoms with Gasteiger partial charge >= 0.3 is 6.03 Å². The Labute approximate surface area is 169 Å². The molecule has 1 aliphatic heterocycles. The molecule has 2 rings (SSSR count). The fourth-order valence-electron chi connectivity index (χ4n) is 2.74. The number of rotatable bonds is 7. The van der Waals surface area contributed by atoms with Gasteiger partial charge in [0.05, 0.1) is 18.1 Å². The number of nitrogens with two attached hydrogens (primary N) is 1. The van der Waals surface area contributed by atoms with Crippen LogP contribution in [0.4, 0.5) is 4.79 Å². The topological polar surface area (TPSA) is 160 Å². The van der Waals surface area contributed by atoms with Crippen LogP contribution in [0, 0.1) is 0 Å². The van der Waals surface area contributed by atoms with E-state index in [1.54, 1.807) is 0 Å². The summed E-state index contributed by atoms with van der Waals surface area (Å²) in [5.41, 5.74) is 9.51. The highest BCUT2D eigenvalue weighted by Crippen LogP contribution is 2.18. The summed E-state index contributed by atoms with van der Waals surface area (Å²) in [7, 11) is -3.76. The van der Waals surface area contributed by atoms with Crippen LogP contribution in [0.1, 0.15) is 30.1 Å². The molecule has 1 fully saturated rings. The molecule has 1 aromatic rings. The molecule has 1 heterocycles. The van der Waals surface area contributed by atoms with E-state index in [9.17, 15) is 22.8 Å². The maximum Gasteiger partial charge on any atom is 0.312 e. The van der Waals surface area contributed by atoms with Crippen molar-refractivity contribution in [2.24, 2.45) is 5.73 Å². The summed E-state index contributed by atoms with van der Waals surface area (Å²) >= 11 is 0. The Bertz CT molecular complexity index is 854. The zero-order valence-electron chi connectivity index (χ0n) is 16.0. The highest BCUT2D eigenvalue weighted by molar-refractivity contribution is 7.89. The third-order valence-electron chi connectivity index (χ3n) is 4.21. The van der Waals surface area contributed by atoms with Crippen molar-refractivity contribution in [1.82, 2.24) is 20.5 Å². The van der Waals surface area contributed by atoms with Crippen LogP contribution in [0.15, 0.2) is 29.2 Å². The second kappa shape index (κ2) is 10.2. The average Bonchev–Trinajstić information content (AvgIpc) is 2.72. The molecular formula is C17H25N5O6S. The standard InChI is InChI=1S/C17H25N5O6S/c1-2-4-14(19-17(18)25)16(24)21-20-15(23)12-5-3-6-13(11-12)29(26,27)22-7-9-28-10-8-22/h3,5-6,11,14H,2,4,7-10H2,1H3,(H,20,23)(H,21,24)(H3,18,19,25). The second-order valence-corrected chi connectivity index (χ2v) is 8.28. The van der Waals surface area contributed by atoms with Gasteiger partial charge < -0.3 is 15.8 Å². The number of primary amides is 1. The first kappa shape index (κ1) is 22.6. The van der Waals surface area contributed by atoms with Gasteiger partial charge in [0.1, 0.15) is 6.04 Å². The van der Waals surface area contributed by atoms with E-state index in [1.807, 2.05) is 6.92 Å². The highest BCUT2D eigenvalue weighted by Gasteiger charge is 2.27. The van der Waals surface area contributed by atoms with Gasteiger partial charge in [0.25, 0.3) is 11.8 Å². The number of ether oxygens (including phenoxy) is 1. The molecule has 29 heavy (non-hydrogen) atoms. The molecule has 0 spiro atoms. The molecule has 1 aromatic carbocycles. The Morgan fingerprint density at radius 1 is 1.21 bits per heavy atom. The van der Waals surface area contributed by atoms with Gasteiger partial charge in [-0.3, -0.25) is 20.4 Å². The van der Waals surface area contributed by atoms with Crippen LogP contribution in [0.25, 0.3) is 0 Å². The fraction of sp³-hybridized carbons (Fsp3) is 0.471. The van der Waals surface area contributed by atoms with Crippen molar-refractivity contribution in [3.8, 4) is 0 Å². The molecule has 0 bridgehead atoms. The van der Waals surface area contributed by atoms with Gasteiger partial charge in [-0.2, -0.15) is 4.31 Å². The molecule has 1 atom stereocenters. The van der Waals surface area contributed by atoms with E-state index in [1.165, 1.54) is 28.6 Å². The number of hydrogen-bond acceptors (Lipinski definition) is 6. The van der Waals surface area contributed by atoms with Crippen molar-refractivity contribution in [3.63, 3.8) is 0 Å². The molecule has 1 aliphatic rings. The van der Waals surface area contributed by atoms with Crippen molar-refractivity contribution in [2.45, 2.75) is 30.7 Å².